The molecule has 0 amide bonds. The van der Waals surface area contributed by atoms with Crippen LogP contribution in [0.2, 0.25) is 0 Å². The number of aromatic nitrogens is 3. The second kappa shape index (κ2) is 6.80. The molecule has 4 rings (SSSR count). The zero-order valence-electron chi connectivity index (χ0n) is 14.0. The molecule has 128 valence electrons. The summed E-state index contributed by atoms with van der Waals surface area (Å²) in [5, 5.41) is 14.1. The van der Waals surface area contributed by atoms with Gasteiger partial charge < -0.3 is 5.11 Å². The van der Waals surface area contributed by atoms with E-state index in [-0.39, 0.29) is 5.92 Å². The van der Waals surface area contributed by atoms with E-state index in [1.807, 2.05) is 59.4 Å². The van der Waals surface area contributed by atoms with Crippen LogP contribution in [0.3, 0.4) is 0 Å². The minimum absolute atomic E-state index is 0.0840. The van der Waals surface area contributed by atoms with E-state index < -0.39 is 5.97 Å². The zero-order valence-corrected chi connectivity index (χ0v) is 14.0. The number of carboxylic acid groups (broad SMARTS) is 1. The van der Waals surface area contributed by atoms with Crippen molar-refractivity contribution in [2.24, 2.45) is 0 Å². The number of carbonyl (C=O) groups is 1. The molecule has 0 aliphatic heterocycles. The van der Waals surface area contributed by atoms with E-state index in [2.05, 4.69) is 4.98 Å². The lowest BCUT2D eigenvalue weighted by Crippen LogP contribution is -2.09. The van der Waals surface area contributed by atoms with Gasteiger partial charge >= 0.3 is 5.97 Å². The number of hydrogen-bond donors (Lipinski definition) is 1. The predicted octanol–water partition coefficient (Wildman–Crippen LogP) is 3.99. The van der Waals surface area contributed by atoms with Crippen LogP contribution < -0.4 is 0 Å². The third-order valence-corrected chi connectivity index (χ3v) is 4.46. The molecule has 2 aromatic heterocycles. The van der Waals surface area contributed by atoms with Crippen LogP contribution in [-0.4, -0.2) is 25.8 Å². The first-order valence-electron chi connectivity index (χ1n) is 8.38. The van der Waals surface area contributed by atoms with E-state index in [1.165, 1.54) is 0 Å². The molecule has 0 bridgehead atoms. The largest absolute Gasteiger partial charge is 0.478 e. The highest BCUT2D eigenvalue weighted by Gasteiger charge is 2.24. The number of rotatable bonds is 4. The standard InChI is InChI=1S/C21H17N3O2/c25-21(26)17-6-4-5-16(13-17)20-19(15-9-11-22-12-10-15)14-24(23-20)18-7-2-1-3-8-18/h1-12,14,16H,13H2,(H,25,26). The fourth-order valence-electron chi connectivity index (χ4n) is 3.15. The van der Waals surface area contributed by atoms with E-state index in [1.54, 1.807) is 24.5 Å². The summed E-state index contributed by atoms with van der Waals surface area (Å²) in [6.07, 6.45) is 11.4. The summed E-state index contributed by atoms with van der Waals surface area (Å²) in [7, 11) is 0. The molecule has 1 aliphatic rings. The molecule has 1 aliphatic carbocycles. The summed E-state index contributed by atoms with van der Waals surface area (Å²) in [5.41, 5.74) is 4.22. The second-order valence-electron chi connectivity index (χ2n) is 6.14. The average molecular weight is 343 g/mol. The Morgan fingerprint density at radius 1 is 1.12 bits per heavy atom. The van der Waals surface area contributed by atoms with Crippen molar-refractivity contribution in [3.8, 4) is 16.8 Å². The summed E-state index contributed by atoms with van der Waals surface area (Å²) in [6.45, 7) is 0. The van der Waals surface area contributed by atoms with Crippen molar-refractivity contribution < 1.29 is 9.90 Å². The molecular formula is C21H17N3O2. The van der Waals surface area contributed by atoms with Crippen molar-refractivity contribution in [3.05, 3.63) is 90.6 Å². The average Bonchev–Trinajstić information content (AvgIpc) is 3.15. The van der Waals surface area contributed by atoms with E-state index in [0.717, 1.165) is 22.5 Å². The number of pyridine rings is 1. The van der Waals surface area contributed by atoms with Crippen molar-refractivity contribution in [2.75, 3.05) is 0 Å². The molecule has 0 spiro atoms. The summed E-state index contributed by atoms with van der Waals surface area (Å²) < 4.78 is 1.84. The van der Waals surface area contributed by atoms with Crippen LogP contribution in [-0.2, 0) is 4.79 Å². The van der Waals surface area contributed by atoms with E-state index in [4.69, 9.17) is 5.10 Å². The molecular weight excluding hydrogens is 326 g/mol. The van der Waals surface area contributed by atoms with E-state index in [0.29, 0.717) is 12.0 Å². The third kappa shape index (κ3) is 3.07. The van der Waals surface area contributed by atoms with Gasteiger partial charge in [-0.25, -0.2) is 9.48 Å². The van der Waals surface area contributed by atoms with Crippen molar-refractivity contribution in [2.45, 2.75) is 12.3 Å². The lowest BCUT2D eigenvalue weighted by atomic mass is 9.88. The van der Waals surface area contributed by atoms with Gasteiger partial charge in [0.15, 0.2) is 0 Å². The van der Waals surface area contributed by atoms with Crippen molar-refractivity contribution in [1.29, 1.82) is 0 Å². The Kier molecular flexibility index (Phi) is 4.19. The summed E-state index contributed by atoms with van der Waals surface area (Å²) >= 11 is 0. The summed E-state index contributed by atoms with van der Waals surface area (Å²) in [5.74, 6) is -0.966. The monoisotopic (exact) mass is 343 g/mol. The Morgan fingerprint density at radius 3 is 2.62 bits per heavy atom. The normalized spacial score (nSPS) is 16.3. The Morgan fingerprint density at radius 2 is 1.88 bits per heavy atom. The molecule has 0 saturated carbocycles. The second-order valence-corrected chi connectivity index (χ2v) is 6.14. The van der Waals surface area contributed by atoms with Gasteiger partial charge in [0.2, 0.25) is 0 Å². The van der Waals surface area contributed by atoms with Gasteiger partial charge in [-0.1, -0.05) is 36.4 Å². The Labute approximate surface area is 150 Å². The molecule has 0 fully saturated rings. The van der Waals surface area contributed by atoms with Gasteiger partial charge in [-0.05, 0) is 36.2 Å². The first-order valence-corrected chi connectivity index (χ1v) is 8.38. The first kappa shape index (κ1) is 16.0. The molecule has 26 heavy (non-hydrogen) atoms. The van der Waals surface area contributed by atoms with Crippen LogP contribution >= 0.6 is 0 Å². The summed E-state index contributed by atoms with van der Waals surface area (Å²) in [6, 6.07) is 13.8. The molecule has 5 nitrogen and oxygen atoms in total. The molecule has 1 aromatic carbocycles. The van der Waals surface area contributed by atoms with Crippen LogP contribution in [0.1, 0.15) is 18.0 Å². The number of allylic oxidation sites excluding steroid dienone is 3. The molecule has 0 radical (unpaired) electrons. The van der Waals surface area contributed by atoms with Crippen LogP contribution in [0.4, 0.5) is 0 Å². The Balaban J connectivity index is 1.80. The SMILES string of the molecule is O=C(O)C1=CC=CC(c2nn(-c3ccccc3)cc2-c2ccncc2)C1. The van der Waals surface area contributed by atoms with Gasteiger partial charge in [-0.2, -0.15) is 5.10 Å². The molecule has 3 aromatic rings. The predicted molar refractivity (Wildman–Crippen MR) is 99.0 cm³/mol. The number of para-hydroxylation sites is 1. The molecule has 0 saturated heterocycles. The number of hydrogen-bond acceptors (Lipinski definition) is 3. The third-order valence-electron chi connectivity index (χ3n) is 4.46. The highest BCUT2D eigenvalue weighted by atomic mass is 16.4. The Hall–Kier alpha value is -3.47. The number of benzene rings is 1. The van der Waals surface area contributed by atoms with Gasteiger partial charge in [0.05, 0.1) is 11.4 Å². The van der Waals surface area contributed by atoms with Gasteiger partial charge in [0, 0.05) is 35.6 Å². The van der Waals surface area contributed by atoms with Crippen LogP contribution in [0.15, 0.2) is 84.9 Å². The molecule has 1 unspecified atom stereocenters. The van der Waals surface area contributed by atoms with Crippen molar-refractivity contribution in [1.82, 2.24) is 14.8 Å². The van der Waals surface area contributed by atoms with Gasteiger partial charge in [0.1, 0.15) is 0 Å². The molecule has 2 heterocycles. The zero-order chi connectivity index (χ0) is 17.9. The molecule has 1 N–H and O–H groups in total. The first-order chi connectivity index (χ1) is 12.7. The van der Waals surface area contributed by atoms with Gasteiger partial charge in [-0.15, -0.1) is 0 Å². The highest BCUT2D eigenvalue weighted by Crippen LogP contribution is 2.35. The highest BCUT2D eigenvalue weighted by molar-refractivity contribution is 5.87. The maximum absolute atomic E-state index is 11.4. The number of nitrogens with zero attached hydrogens (tertiary/aromatic N) is 3. The van der Waals surface area contributed by atoms with Crippen LogP contribution in [0.25, 0.3) is 16.8 Å². The molecule has 5 heteroatoms. The van der Waals surface area contributed by atoms with Gasteiger partial charge in [-0.3, -0.25) is 4.98 Å². The minimum atomic E-state index is -0.882. The lowest BCUT2D eigenvalue weighted by Gasteiger charge is -2.16. The maximum atomic E-state index is 11.4. The topological polar surface area (TPSA) is 68.0 Å². The fraction of sp³-hybridized carbons (Fsp3) is 0.0952. The molecule has 1 atom stereocenters. The van der Waals surface area contributed by atoms with Crippen molar-refractivity contribution >= 4 is 5.97 Å². The van der Waals surface area contributed by atoms with E-state index in [9.17, 15) is 9.90 Å². The lowest BCUT2D eigenvalue weighted by molar-refractivity contribution is -0.132. The quantitative estimate of drug-likeness (QED) is 0.778. The van der Waals surface area contributed by atoms with E-state index >= 15 is 0 Å². The maximum Gasteiger partial charge on any atom is 0.331 e. The van der Waals surface area contributed by atoms with Gasteiger partial charge in [0.25, 0.3) is 0 Å². The van der Waals surface area contributed by atoms with Crippen molar-refractivity contribution in [3.63, 3.8) is 0 Å². The van der Waals surface area contributed by atoms with Crippen LogP contribution in [0, 0.1) is 0 Å². The smallest absolute Gasteiger partial charge is 0.331 e. The fourth-order valence-corrected chi connectivity index (χ4v) is 3.15. The summed E-state index contributed by atoms with van der Waals surface area (Å²) in [4.78, 5) is 15.5. The number of aliphatic carboxylic acids is 1. The Bertz CT molecular complexity index is 989. The number of carboxylic acids is 1. The van der Waals surface area contributed by atoms with Crippen LogP contribution in [0.5, 0.6) is 0 Å². The minimum Gasteiger partial charge on any atom is -0.478 e.